The van der Waals surface area contributed by atoms with Gasteiger partial charge in [0.15, 0.2) is 0 Å². The maximum absolute atomic E-state index is 2.60. The molecule has 0 unspecified atom stereocenters. The first-order valence-corrected chi connectivity index (χ1v) is 30.5. The molecular weight excluding hydrogens is 1040 g/mol. The van der Waals surface area contributed by atoms with Crippen LogP contribution in [0, 0.1) is 83.1 Å². The van der Waals surface area contributed by atoms with Crippen LogP contribution in [-0.4, -0.2) is 0 Å². The van der Waals surface area contributed by atoms with E-state index in [0.29, 0.717) is 0 Å². The Labute approximate surface area is 507 Å². The third-order valence-electron chi connectivity index (χ3n) is 18.4. The molecule has 0 aliphatic carbocycles. The number of nitrogens with zero attached hydrogens (tertiary/aromatic N) is 2. The van der Waals surface area contributed by atoms with Gasteiger partial charge in [0.2, 0.25) is 0 Å². The molecular formula is C84H72N2. The monoisotopic (exact) mass is 1110 g/mol. The molecule has 0 N–H and O–H groups in total. The van der Waals surface area contributed by atoms with E-state index in [1.54, 1.807) is 0 Å². The lowest BCUT2D eigenvalue weighted by atomic mass is 9.82. The molecule has 86 heavy (non-hydrogen) atoms. The van der Waals surface area contributed by atoms with Crippen molar-refractivity contribution in [2.75, 3.05) is 9.80 Å². The Morgan fingerprint density at radius 3 is 0.895 bits per heavy atom. The second-order valence-electron chi connectivity index (χ2n) is 24.8. The van der Waals surface area contributed by atoms with Crippen molar-refractivity contribution in [3.8, 4) is 33.4 Å². The van der Waals surface area contributed by atoms with Crippen LogP contribution in [0.4, 0.5) is 34.1 Å². The molecule has 0 heterocycles. The van der Waals surface area contributed by atoms with Crippen molar-refractivity contribution in [3.05, 3.63) is 285 Å². The van der Waals surface area contributed by atoms with Crippen molar-refractivity contribution in [1.29, 1.82) is 0 Å². The minimum atomic E-state index is 1.17. The third-order valence-corrected chi connectivity index (χ3v) is 18.4. The predicted octanol–water partition coefficient (Wildman–Crippen LogP) is 24.2. The van der Waals surface area contributed by atoms with E-state index in [9.17, 15) is 0 Å². The normalized spacial score (nSPS) is 11.7. The Morgan fingerprint density at radius 2 is 0.523 bits per heavy atom. The highest BCUT2D eigenvalue weighted by molar-refractivity contribution is 6.27. The van der Waals surface area contributed by atoms with E-state index >= 15 is 0 Å². The van der Waals surface area contributed by atoms with Gasteiger partial charge in [0.05, 0.1) is 22.7 Å². The summed E-state index contributed by atoms with van der Waals surface area (Å²) in [5.74, 6) is 0. The summed E-state index contributed by atoms with van der Waals surface area (Å²) in [6.45, 7) is 27.2. The van der Waals surface area contributed by atoms with Crippen LogP contribution in [0.25, 0.3) is 98.0 Å². The molecule has 0 spiro atoms. The van der Waals surface area contributed by atoms with Crippen molar-refractivity contribution >= 4 is 98.8 Å². The van der Waals surface area contributed by atoms with Gasteiger partial charge >= 0.3 is 0 Å². The van der Waals surface area contributed by atoms with Crippen LogP contribution in [-0.2, 0) is 0 Å². The SMILES string of the molecule is Cc1ccc(N(c2c(C)cc(C)cc2C)c2c3ccccc3c(-c3cc(-c4c5ccccc5cc5ccccc45)cc(-c4c5ccccc5c(N(c5ccc(C)cc5C)c5c(C)cc(C)cc5C)c5c(C)cccc45)c3)c3cccc(C)c23)c(C)c1. The lowest BCUT2D eigenvalue weighted by Crippen LogP contribution is -2.16. The zero-order valence-electron chi connectivity index (χ0n) is 51.7. The topological polar surface area (TPSA) is 6.48 Å². The van der Waals surface area contributed by atoms with Gasteiger partial charge in [0.1, 0.15) is 0 Å². The average Bonchev–Trinajstić information content (AvgIpc) is 0.965. The molecule has 0 atom stereocenters. The van der Waals surface area contributed by atoms with Crippen LogP contribution in [0.1, 0.15) is 66.8 Å². The highest BCUT2D eigenvalue weighted by atomic mass is 15.2. The molecule has 0 aliphatic rings. The molecule has 14 aromatic carbocycles. The lowest BCUT2D eigenvalue weighted by Gasteiger charge is -2.34. The van der Waals surface area contributed by atoms with Gasteiger partial charge in [-0.3, -0.25) is 0 Å². The first-order valence-electron chi connectivity index (χ1n) is 30.5. The first-order chi connectivity index (χ1) is 41.6. The van der Waals surface area contributed by atoms with Crippen LogP contribution in [0.15, 0.2) is 218 Å². The summed E-state index contributed by atoms with van der Waals surface area (Å²) in [6.07, 6.45) is 0. The number of hydrogen-bond acceptors (Lipinski definition) is 2. The second kappa shape index (κ2) is 21.1. The van der Waals surface area contributed by atoms with Crippen molar-refractivity contribution < 1.29 is 0 Å². The second-order valence-corrected chi connectivity index (χ2v) is 24.8. The van der Waals surface area contributed by atoms with E-state index in [2.05, 4.69) is 311 Å². The molecule has 418 valence electrons. The zero-order chi connectivity index (χ0) is 59.4. The Kier molecular flexibility index (Phi) is 13.3. The summed E-state index contributed by atoms with van der Waals surface area (Å²) in [7, 11) is 0. The van der Waals surface area contributed by atoms with Crippen LogP contribution in [0.3, 0.4) is 0 Å². The molecule has 2 nitrogen and oxygen atoms in total. The molecule has 2 heteroatoms. The van der Waals surface area contributed by atoms with Gasteiger partial charge in [-0.15, -0.1) is 0 Å². The first kappa shape index (κ1) is 54.2. The van der Waals surface area contributed by atoms with Gasteiger partial charge < -0.3 is 9.80 Å². The smallest absolute Gasteiger partial charge is 0.0621 e. The fraction of sp³-hybridized carbons (Fsp3) is 0.143. The van der Waals surface area contributed by atoms with Gasteiger partial charge in [0.25, 0.3) is 0 Å². The molecule has 0 aliphatic heterocycles. The summed E-state index contributed by atoms with van der Waals surface area (Å²) < 4.78 is 0. The van der Waals surface area contributed by atoms with Crippen molar-refractivity contribution in [1.82, 2.24) is 0 Å². The molecule has 14 aromatic rings. The van der Waals surface area contributed by atoms with Gasteiger partial charge in [-0.05, 0) is 240 Å². The number of benzene rings is 14. The average molecular weight is 1110 g/mol. The Morgan fingerprint density at radius 1 is 0.209 bits per heavy atom. The van der Waals surface area contributed by atoms with Gasteiger partial charge in [0, 0.05) is 32.9 Å². The van der Waals surface area contributed by atoms with Crippen LogP contribution in [0.5, 0.6) is 0 Å². The Hall–Kier alpha value is -9.76. The summed E-state index contributed by atoms with van der Waals surface area (Å²) >= 11 is 0. The Bertz CT molecular complexity index is 4790. The summed E-state index contributed by atoms with van der Waals surface area (Å²) in [5, 5.41) is 14.7. The molecule has 0 fully saturated rings. The van der Waals surface area contributed by atoms with E-state index in [0.717, 1.165) is 0 Å². The highest BCUT2D eigenvalue weighted by Crippen LogP contribution is 2.55. The van der Waals surface area contributed by atoms with Crippen molar-refractivity contribution in [2.24, 2.45) is 0 Å². The molecule has 0 bridgehead atoms. The molecule has 0 saturated carbocycles. The molecule has 0 radical (unpaired) electrons. The van der Waals surface area contributed by atoms with E-state index < -0.39 is 0 Å². The van der Waals surface area contributed by atoms with E-state index in [1.165, 1.54) is 199 Å². The van der Waals surface area contributed by atoms with Gasteiger partial charge in [-0.1, -0.05) is 204 Å². The summed E-state index contributed by atoms with van der Waals surface area (Å²) in [4.78, 5) is 5.21. The van der Waals surface area contributed by atoms with Crippen LogP contribution >= 0.6 is 0 Å². The number of fused-ring (bicyclic) bond motifs is 6. The van der Waals surface area contributed by atoms with Crippen LogP contribution < -0.4 is 9.80 Å². The Balaban J connectivity index is 1.15. The molecule has 0 aromatic heterocycles. The molecule has 0 saturated heterocycles. The lowest BCUT2D eigenvalue weighted by molar-refractivity contribution is 1.19. The number of aryl methyl sites for hydroxylation is 12. The summed E-state index contributed by atoms with van der Waals surface area (Å²) in [5.41, 5.74) is 29.4. The van der Waals surface area contributed by atoms with Crippen molar-refractivity contribution in [3.63, 3.8) is 0 Å². The third kappa shape index (κ3) is 8.84. The summed E-state index contributed by atoms with van der Waals surface area (Å²) in [6, 6.07) is 83.6. The van der Waals surface area contributed by atoms with Gasteiger partial charge in [-0.25, -0.2) is 0 Å². The predicted molar refractivity (Wildman–Crippen MR) is 374 cm³/mol. The zero-order valence-corrected chi connectivity index (χ0v) is 51.7. The van der Waals surface area contributed by atoms with Crippen LogP contribution in [0.2, 0.25) is 0 Å². The van der Waals surface area contributed by atoms with E-state index in [-0.39, 0.29) is 0 Å². The largest absolute Gasteiger partial charge is 0.308 e. The molecule has 14 rings (SSSR count). The standard InChI is InChI=1S/C84H72N2/c1-49-35-37-74(55(7)39-49)85(81-57(9)41-51(3)42-58(81)10)83-70-31-19-17-29-68(70)79(72-33-21-23-53(5)76(72)83)64-46-63(78-66-27-15-13-25-61(66)45-62-26-14-16-28-67(62)78)47-65(48-64)80-69-30-18-20-32-71(69)84(77-54(6)24-22-34-73(77)80)86(75-38-36-50(2)40-56(75)8)82-59(11)43-52(4)44-60(82)12/h13-48H,1-12H3. The fourth-order valence-corrected chi connectivity index (χ4v) is 15.1. The van der Waals surface area contributed by atoms with Crippen molar-refractivity contribution in [2.45, 2.75) is 83.1 Å². The highest BCUT2D eigenvalue weighted by Gasteiger charge is 2.30. The minimum absolute atomic E-state index is 1.17. The number of anilines is 6. The minimum Gasteiger partial charge on any atom is -0.308 e. The number of hydrogen-bond donors (Lipinski definition) is 0. The quantitative estimate of drug-likeness (QED) is 0.133. The van der Waals surface area contributed by atoms with Gasteiger partial charge in [-0.2, -0.15) is 0 Å². The van der Waals surface area contributed by atoms with E-state index in [4.69, 9.17) is 0 Å². The maximum Gasteiger partial charge on any atom is 0.0621 e. The fourth-order valence-electron chi connectivity index (χ4n) is 15.1. The maximum atomic E-state index is 2.60. The van der Waals surface area contributed by atoms with E-state index in [1.807, 2.05) is 0 Å². The number of rotatable bonds is 9. The molecule has 0 amide bonds.